The first-order valence-electron chi connectivity index (χ1n) is 10.6. The molecule has 3 aromatic rings. The van der Waals surface area contributed by atoms with Crippen molar-refractivity contribution in [3.8, 4) is 11.5 Å². The Kier molecular flexibility index (Phi) is 5.65. The van der Waals surface area contributed by atoms with Gasteiger partial charge in [0.05, 0.1) is 11.1 Å². The average Bonchev–Trinajstić information content (AvgIpc) is 3.26. The molecular weight excluding hydrogens is 474 g/mol. The van der Waals surface area contributed by atoms with Crippen LogP contribution >= 0.6 is 15.9 Å². The van der Waals surface area contributed by atoms with Gasteiger partial charge in [-0.05, 0) is 69.4 Å². The zero-order valence-corrected chi connectivity index (χ0v) is 19.1. The molecule has 1 aliphatic heterocycles. The topological polar surface area (TPSA) is 91.2 Å². The van der Waals surface area contributed by atoms with Crippen molar-refractivity contribution in [1.82, 2.24) is 20.2 Å². The molecule has 0 saturated carbocycles. The third-order valence-corrected chi connectivity index (χ3v) is 6.19. The van der Waals surface area contributed by atoms with Gasteiger partial charge in [-0.3, -0.25) is 4.79 Å². The van der Waals surface area contributed by atoms with E-state index in [1.165, 1.54) is 0 Å². The summed E-state index contributed by atoms with van der Waals surface area (Å²) in [4.78, 5) is 12.9. The number of nitrogens with one attached hydrogen (secondary N) is 1. The first kappa shape index (κ1) is 20.7. The summed E-state index contributed by atoms with van der Waals surface area (Å²) < 4.78 is 14.5. The predicted octanol–water partition coefficient (Wildman–Crippen LogP) is 4.44. The molecule has 1 unspecified atom stereocenters. The summed E-state index contributed by atoms with van der Waals surface area (Å²) in [6.07, 6.45) is 2.13. The first-order valence-corrected chi connectivity index (χ1v) is 11.4. The van der Waals surface area contributed by atoms with Gasteiger partial charge in [-0.15, -0.1) is 0 Å². The van der Waals surface area contributed by atoms with E-state index in [-0.39, 0.29) is 5.78 Å². The van der Waals surface area contributed by atoms with E-state index < -0.39 is 6.04 Å². The van der Waals surface area contributed by atoms with Crippen LogP contribution in [0.3, 0.4) is 0 Å². The summed E-state index contributed by atoms with van der Waals surface area (Å²) in [5.74, 6) is 1.87. The first-order chi connectivity index (χ1) is 15.7. The Bertz CT molecular complexity index is 1190. The Hall–Kier alpha value is -3.20. The Balaban J connectivity index is 1.56. The molecule has 0 amide bonds. The fourth-order valence-electron chi connectivity index (χ4n) is 4.20. The van der Waals surface area contributed by atoms with Crippen LogP contribution in [-0.4, -0.2) is 32.6 Å². The minimum Gasteiger partial charge on any atom is -0.490 e. The smallest absolute Gasteiger partial charge is 0.248 e. The van der Waals surface area contributed by atoms with Gasteiger partial charge in [0.15, 0.2) is 17.3 Å². The minimum atomic E-state index is -0.428. The number of ketones is 1. The van der Waals surface area contributed by atoms with Crippen LogP contribution in [0.1, 0.15) is 43.4 Å². The number of hydrogen-bond donors (Lipinski definition) is 1. The second-order valence-electron chi connectivity index (χ2n) is 7.68. The quantitative estimate of drug-likeness (QED) is 0.540. The summed E-state index contributed by atoms with van der Waals surface area (Å²) in [5, 5.41) is 15.3. The number of halogens is 1. The maximum atomic E-state index is 12.9. The van der Waals surface area contributed by atoms with Gasteiger partial charge < -0.3 is 14.8 Å². The lowest BCUT2D eigenvalue weighted by molar-refractivity contribution is -0.116. The Labute approximate surface area is 193 Å². The molecule has 0 radical (unpaired) electrons. The van der Waals surface area contributed by atoms with E-state index in [1.807, 2.05) is 49.4 Å². The van der Waals surface area contributed by atoms with Crippen molar-refractivity contribution in [3.63, 3.8) is 0 Å². The molecule has 1 N–H and O–H groups in total. The summed E-state index contributed by atoms with van der Waals surface area (Å²) >= 11 is 3.66. The number of nitrogens with zero attached hydrogens (tertiary/aromatic N) is 4. The molecule has 1 aliphatic carbocycles. The number of tetrazole rings is 1. The number of carbonyl (C=O) groups is 1. The Morgan fingerprint density at radius 1 is 1.19 bits per heavy atom. The van der Waals surface area contributed by atoms with Gasteiger partial charge in [0, 0.05) is 17.7 Å². The zero-order chi connectivity index (χ0) is 22.1. The molecule has 0 bridgehead atoms. The van der Waals surface area contributed by atoms with E-state index in [1.54, 1.807) is 4.68 Å². The second kappa shape index (κ2) is 8.74. The van der Waals surface area contributed by atoms with E-state index in [0.717, 1.165) is 34.1 Å². The number of ether oxygens (including phenoxy) is 2. The number of Topliss-reactive ketones (excluding diaryl/α,β-unsaturated/α-hetero) is 1. The van der Waals surface area contributed by atoms with Crippen LogP contribution in [0.4, 0.5) is 5.95 Å². The highest BCUT2D eigenvalue weighted by Crippen LogP contribution is 2.44. The number of anilines is 1. The number of carbonyl (C=O) groups excluding carboxylic acids is 1. The van der Waals surface area contributed by atoms with E-state index >= 15 is 0 Å². The van der Waals surface area contributed by atoms with Crippen molar-refractivity contribution in [2.75, 3.05) is 11.9 Å². The number of fused-ring (bicyclic) bond motifs is 1. The average molecular weight is 496 g/mol. The van der Waals surface area contributed by atoms with Gasteiger partial charge >= 0.3 is 0 Å². The van der Waals surface area contributed by atoms with Crippen LogP contribution in [-0.2, 0) is 11.4 Å². The van der Waals surface area contributed by atoms with E-state index in [4.69, 9.17) is 9.47 Å². The number of hydrogen-bond acceptors (Lipinski definition) is 7. The standard InChI is InChI=1S/C23H22BrN5O3/c1-2-31-19-12-15(11-16(24)22(19)32-13-14-7-4-3-5-8-14)21-20-17(9-6-10-18(20)30)25-23-26-27-28-29(21)23/h3-5,7-8,11-12,21H,2,6,9-10,13H2,1H3,(H,25,26,28). The second-order valence-corrected chi connectivity index (χ2v) is 8.54. The molecule has 164 valence electrons. The molecule has 1 atom stereocenters. The predicted molar refractivity (Wildman–Crippen MR) is 122 cm³/mol. The maximum Gasteiger partial charge on any atom is 0.248 e. The summed E-state index contributed by atoms with van der Waals surface area (Å²) in [5.41, 5.74) is 3.52. The molecule has 1 aromatic heterocycles. The van der Waals surface area contributed by atoms with Crippen LogP contribution < -0.4 is 14.8 Å². The largest absolute Gasteiger partial charge is 0.490 e. The molecule has 0 spiro atoms. The highest BCUT2D eigenvalue weighted by molar-refractivity contribution is 9.10. The van der Waals surface area contributed by atoms with Gasteiger partial charge in [0.1, 0.15) is 12.6 Å². The van der Waals surface area contributed by atoms with Gasteiger partial charge in [0.25, 0.3) is 0 Å². The molecular formula is C23H22BrN5O3. The van der Waals surface area contributed by atoms with Crippen molar-refractivity contribution >= 4 is 27.7 Å². The number of benzene rings is 2. The van der Waals surface area contributed by atoms with Crippen LogP contribution in [0.2, 0.25) is 0 Å². The summed E-state index contributed by atoms with van der Waals surface area (Å²) in [6, 6.07) is 13.4. The number of aromatic nitrogens is 4. The third-order valence-electron chi connectivity index (χ3n) is 5.60. The summed E-state index contributed by atoms with van der Waals surface area (Å²) in [6.45, 7) is 2.82. The van der Waals surface area contributed by atoms with Crippen LogP contribution in [0.15, 0.2) is 58.2 Å². The minimum absolute atomic E-state index is 0.114. The molecule has 2 aliphatic rings. The lowest BCUT2D eigenvalue weighted by atomic mass is 9.85. The molecule has 9 heteroatoms. The Morgan fingerprint density at radius 3 is 2.84 bits per heavy atom. The van der Waals surface area contributed by atoms with Crippen molar-refractivity contribution in [2.45, 2.75) is 38.8 Å². The third kappa shape index (κ3) is 3.77. The van der Waals surface area contributed by atoms with Gasteiger partial charge in [0.2, 0.25) is 5.95 Å². The van der Waals surface area contributed by atoms with Crippen molar-refractivity contribution in [2.24, 2.45) is 0 Å². The van der Waals surface area contributed by atoms with Crippen molar-refractivity contribution in [1.29, 1.82) is 0 Å². The van der Waals surface area contributed by atoms with Gasteiger partial charge in [-0.2, -0.15) is 4.68 Å². The van der Waals surface area contributed by atoms with Crippen LogP contribution in [0.25, 0.3) is 0 Å². The van der Waals surface area contributed by atoms with Crippen molar-refractivity contribution < 1.29 is 14.3 Å². The number of rotatable bonds is 6. The molecule has 8 nitrogen and oxygen atoms in total. The van der Waals surface area contributed by atoms with Crippen LogP contribution in [0, 0.1) is 0 Å². The van der Waals surface area contributed by atoms with E-state index in [9.17, 15) is 4.79 Å². The van der Waals surface area contributed by atoms with Gasteiger partial charge in [-0.25, -0.2) is 0 Å². The zero-order valence-electron chi connectivity index (χ0n) is 17.5. The molecule has 0 saturated heterocycles. The SMILES string of the molecule is CCOc1cc(C2C3=C(CCCC3=O)Nc3nnnn32)cc(Br)c1OCc1ccccc1. The lowest BCUT2D eigenvalue weighted by Gasteiger charge is -2.32. The highest BCUT2D eigenvalue weighted by Gasteiger charge is 2.37. The van der Waals surface area contributed by atoms with Gasteiger partial charge in [-0.1, -0.05) is 35.4 Å². The lowest BCUT2D eigenvalue weighted by Crippen LogP contribution is -2.31. The van der Waals surface area contributed by atoms with Crippen molar-refractivity contribution in [3.05, 3.63) is 69.3 Å². The maximum absolute atomic E-state index is 12.9. The van der Waals surface area contributed by atoms with E-state index in [0.29, 0.717) is 42.7 Å². The van der Waals surface area contributed by atoms with E-state index in [2.05, 4.69) is 36.8 Å². The Morgan fingerprint density at radius 2 is 2.03 bits per heavy atom. The fraction of sp³-hybridized carbons (Fsp3) is 0.304. The molecule has 0 fully saturated rings. The van der Waals surface area contributed by atoms with Crippen LogP contribution in [0.5, 0.6) is 11.5 Å². The molecule has 5 rings (SSSR count). The molecule has 2 heterocycles. The number of allylic oxidation sites excluding steroid dienone is 2. The molecule has 32 heavy (non-hydrogen) atoms. The monoisotopic (exact) mass is 495 g/mol. The molecule has 2 aromatic carbocycles. The highest BCUT2D eigenvalue weighted by atomic mass is 79.9. The summed E-state index contributed by atoms with van der Waals surface area (Å²) in [7, 11) is 0. The normalized spacial score (nSPS) is 17.4. The fourth-order valence-corrected chi connectivity index (χ4v) is 4.78.